The second kappa shape index (κ2) is 7.12. The summed E-state index contributed by atoms with van der Waals surface area (Å²) in [7, 11) is 0. The van der Waals surface area contributed by atoms with Crippen molar-refractivity contribution in [3.63, 3.8) is 0 Å². The van der Waals surface area contributed by atoms with Crippen LogP contribution in [0.1, 0.15) is 41.5 Å². The van der Waals surface area contributed by atoms with Crippen molar-refractivity contribution in [3.05, 3.63) is 63.7 Å². The molecule has 0 aromatic heterocycles. The SMILES string of the molecule is CC(C)(C)OC(=O)c1ccc(Oc2ccccc2C=O)c([N+](=O)[O-])c1. The normalized spacial score (nSPS) is 10.8. The maximum absolute atomic E-state index is 12.1. The van der Waals surface area contributed by atoms with Crippen molar-refractivity contribution in [2.45, 2.75) is 26.4 Å². The molecular weight excluding hydrogens is 326 g/mol. The average Bonchev–Trinajstić information content (AvgIpc) is 2.53. The molecular formula is C18H17NO6. The van der Waals surface area contributed by atoms with Gasteiger partial charge in [0.05, 0.1) is 16.1 Å². The maximum Gasteiger partial charge on any atom is 0.338 e. The number of aldehydes is 1. The van der Waals surface area contributed by atoms with Gasteiger partial charge in [0.25, 0.3) is 0 Å². The van der Waals surface area contributed by atoms with E-state index in [0.717, 1.165) is 6.07 Å². The summed E-state index contributed by atoms with van der Waals surface area (Å²) in [5.41, 5.74) is -0.820. The Morgan fingerprint density at radius 2 is 1.80 bits per heavy atom. The largest absolute Gasteiger partial charge is 0.456 e. The van der Waals surface area contributed by atoms with Crippen LogP contribution >= 0.6 is 0 Å². The molecule has 0 bridgehead atoms. The molecule has 0 aliphatic carbocycles. The van der Waals surface area contributed by atoms with Crippen LogP contribution in [-0.2, 0) is 4.74 Å². The number of esters is 1. The van der Waals surface area contributed by atoms with Crippen LogP contribution in [0.4, 0.5) is 5.69 Å². The summed E-state index contributed by atoms with van der Waals surface area (Å²) in [6.07, 6.45) is 0.593. The van der Waals surface area contributed by atoms with Crippen molar-refractivity contribution in [2.75, 3.05) is 0 Å². The summed E-state index contributed by atoms with van der Waals surface area (Å²) >= 11 is 0. The van der Waals surface area contributed by atoms with Crippen LogP contribution in [0, 0.1) is 10.1 Å². The molecule has 0 saturated carbocycles. The standard InChI is InChI=1S/C18H17NO6/c1-18(2,3)25-17(21)12-8-9-16(14(10-12)19(22)23)24-15-7-5-4-6-13(15)11-20/h4-11H,1-3H3. The molecule has 25 heavy (non-hydrogen) atoms. The first-order chi connectivity index (χ1) is 11.7. The lowest BCUT2D eigenvalue weighted by molar-refractivity contribution is -0.385. The zero-order valence-corrected chi connectivity index (χ0v) is 14.0. The molecule has 0 N–H and O–H groups in total. The molecule has 0 aliphatic rings. The molecule has 2 rings (SSSR count). The first-order valence-corrected chi connectivity index (χ1v) is 7.45. The van der Waals surface area contributed by atoms with E-state index < -0.39 is 22.2 Å². The number of carbonyl (C=O) groups is 2. The van der Waals surface area contributed by atoms with Gasteiger partial charge in [-0.15, -0.1) is 0 Å². The van der Waals surface area contributed by atoms with E-state index in [2.05, 4.69) is 0 Å². The third-order valence-electron chi connectivity index (χ3n) is 3.06. The van der Waals surface area contributed by atoms with Gasteiger partial charge in [-0.1, -0.05) is 12.1 Å². The summed E-state index contributed by atoms with van der Waals surface area (Å²) in [5, 5.41) is 11.3. The fourth-order valence-corrected chi connectivity index (χ4v) is 2.00. The number of hydrogen-bond acceptors (Lipinski definition) is 6. The number of para-hydroxylation sites is 1. The Hall–Kier alpha value is -3.22. The highest BCUT2D eigenvalue weighted by Crippen LogP contribution is 2.33. The van der Waals surface area contributed by atoms with Gasteiger partial charge in [-0.05, 0) is 45.0 Å². The van der Waals surface area contributed by atoms with Crippen molar-refractivity contribution in [1.82, 2.24) is 0 Å². The van der Waals surface area contributed by atoms with Gasteiger partial charge in [-0.25, -0.2) is 4.79 Å². The quantitative estimate of drug-likeness (QED) is 0.350. The Morgan fingerprint density at radius 3 is 2.40 bits per heavy atom. The number of benzene rings is 2. The molecule has 2 aromatic carbocycles. The number of carbonyl (C=O) groups excluding carboxylic acids is 2. The summed E-state index contributed by atoms with van der Waals surface area (Å²) in [4.78, 5) is 33.8. The summed E-state index contributed by atoms with van der Waals surface area (Å²) in [5.74, 6) is -0.562. The third-order valence-corrected chi connectivity index (χ3v) is 3.06. The van der Waals surface area contributed by atoms with Crippen molar-refractivity contribution in [3.8, 4) is 11.5 Å². The number of nitro groups is 1. The fourth-order valence-electron chi connectivity index (χ4n) is 2.00. The molecule has 0 heterocycles. The summed E-state index contributed by atoms with van der Waals surface area (Å²) in [6, 6.07) is 10.1. The van der Waals surface area contributed by atoms with Crippen LogP contribution in [0.5, 0.6) is 11.5 Å². The molecule has 0 atom stereocenters. The van der Waals surface area contributed by atoms with Gasteiger partial charge in [-0.2, -0.15) is 0 Å². The lowest BCUT2D eigenvalue weighted by Crippen LogP contribution is -2.23. The van der Waals surface area contributed by atoms with E-state index in [9.17, 15) is 19.7 Å². The summed E-state index contributed by atoms with van der Waals surface area (Å²) in [6.45, 7) is 5.10. The lowest BCUT2D eigenvalue weighted by atomic mass is 10.1. The van der Waals surface area contributed by atoms with Gasteiger partial charge in [0.15, 0.2) is 6.29 Å². The molecule has 0 spiro atoms. The number of rotatable bonds is 5. The molecule has 0 fully saturated rings. The van der Waals surface area contributed by atoms with Gasteiger partial charge in [0, 0.05) is 6.07 Å². The molecule has 0 unspecified atom stereocenters. The first-order valence-electron chi connectivity index (χ1n) is 7.45. The van der Waals surface area contributed by atoms with Gasteiger partial charge >= 0.3 is 11.7 Å². The highest BCUT2D eigenvalue weighted by molar-refractivity contribution is 5.91. The van der Waals surface area contributed by atoms with Crippen LogP contribution in [-0.4, -0.2) is 22.8 Å². The van der Waals surface area contributed by atoms with Crippen LogP contribution in [0.25, 0.3) is 0 Å². The van der Waals surface area contributed by atoms with E-state index in [1.165, 1.54) is 24.3 Å². The first kappa shape index (κ1) is 18.1. The topological polar surface area (TPSA) is 95.7 Å². The average molecular weight is 343 g/mol. The number of nitrogens with zero attached hydrogens (tertiary/aromatic N) is 1. The lowest BCUT2D eigenvalue weighted by Gasteiger charge is -2.19. The summed E-state index contributed by atoms with van der Waals surface area (Å²) < 4.78 is 10.7. The number of nitro benzene ring substituents is 1. The minimum atomic E-state index is -0.718. The minimum absolute atomic E-state index is 0.0395. The second-order valence-corrected chi connectivity index (χ2v) is 6.20. The zero-order chi connectivity index (χ0) is 18.6. The van der Waals surface area contributed by atoms with Gasteiger partial charge in [0.1, 0.15) is 11.4 Å². The zero-order valence-electron chi connectivity index (χ0n) is 14.0. The molecule has 0 amide bonds. The van der Waals surface area contributed by atoms with Crippen molar-refractivity contribution < 1.29 is 24.0 Å². The highest BCUT2D eigenvalue weighted by Gasteiger charge is 2.23. The van der Waals surface area contributed by atoms with Crippen molar-refractivity contribution >= 4 is 17.9 Å². The van der Waals surface area contributed by atoms with E-state index >= 15 is 0 Å². The second-order valence-electron chi connectivity index (χ2n) is 6.20. The molecule has 2 aromatic rings. The predicted octanol–water partition coefficient (Wildman–Crippen LogP) is 4.15. The Kier molecular flexibility index (Phi) is 5.17. The highest BCUT2D eigenvalue weighted by atomic mass is 16.6. The monoisotopic (exact) mass is 343 g/mol. The predicted molar refractivity (Wildman–Crippen MR) is 90.2 cm³/mol. The van der Waals surface area contributed by atoms with E-state index in [1.54, 1.807) is 32.9 Å². The fraction of sp³-hybridized carbons (Fsp3) is 0.222. The van der Waals surface area contributed by atoms with Crippen LogP contribution in [0.15, 0.2) is 42.5 Å². The van der Waals surface area contributed by atoms with Gasteiger partial charge in [0.2, 0.25) is 5.75 Å². The van der Waals surface area contributed by atoms with Crippen molar-refractivity contribution in [1.29, 1.82) is 0 Å². The van der Waals surface area contributed by atoms with E-state index in [4.69, 9.17) is 9.47 Å². The van der Waals surface area contributed by atoms with Gasteiger partial charge < -0.3 is 9.47 Å². The Balaban J connectivity index is 2.38. The smallest absolute Gasteiger partial charge is 0.338 e. The molecule has 0 saturated heterocycles. The van der Waals surface area contributed by atoms with Crippen LogP contribution in [0.3, 0.4) is 0 Å². The Labute approximate surface area is 144 Å². The Morgan fingerprint density at radius 1 is 1.12 bits per heavy atom. The number of hydrogen-bond donors (Lipinski definition) is 0. The van der Waals surface area contributed by atoms with Crippen LogP contribution < -0.4 is 4.74 Å². The molecule has 0 radical (unpaired) electrons. The van der Waals surface area contributed by atoms with E-state index in [-0.39, 0.29) is 22.6 Å². The molecule has 7 heteroatoms. The third kappa shape index (κ3) is 4.63. The van der Waals surface area contributed by atoms with E-state index in [0.29, 0.717) is 6.29 Å². The Bertz CT molecular complexity index is 823. The van der Waals surface area contributed by atoms with E-state index in [1.807, 2.05) is 0 Å². The number of ether oxygens (including phenoxy) is 2. The van der Waals surface area contributed by atoms with Crippen molar-refractivity contribution in [2.24, 2.45) is 0 Å². The maximum atomic E-state index is 12.1. The molecule has 0 aliphatic heterocycles. The molecule has 130 valence electrons. The van der Waals surface area contributed by atoms with Gasteiger partial charge in [-0.3, -0.25) is 14.9 Å². The molecule has 7 nitrogen and oxygen atoms in total. The van der Waals surface area contributed by atoms with Crippen LogP contribution in [0.2, 0.25) is 0 Å². The minimum Gasteiger partial charge on any atom is -0.456 e.